The Morgan fingerprint density at radius 2 is 1.63 bits per heavy atom. The third-order valence-electron chi connectivity index (χ3n) is 9.56. The minimum Gasteiger partial charge on any atom is -0.465 e. The van der Waals surface area contributed by atoms with Gasteiger partial charge in [0.25, 0.3) is 0 Å². The summed E-state index contributed by atoms with van der Waals surface area (Å²) in [6, 6.07) is 3.50. The number of aliphatic hydroxyl groups is 1. The Labute approximate surface area is 296 Å². The fourth-order valence-corrected chi connectivity index (χ4v) is 6.43. The Morgan fingerprint density at radius 1 is 0.980 bits per heavy atom. The summed E-state index contributed by atoms with van der Waals surface area (Å²) < 4.78 is 68.7. The van der Waals surface area contributed by atoms with E-state index in [0.717, 1.165) is 35.7 Å². The molecule has 0 bridgehead atoms. The van der Waals surface area contributed by atoms with Crippen LogP contribution in [-0.2, 0) is 11.0 Å². The second-order valence-corrected chi connectivity index (χ2v) is 13.6. The van der Waals surface area contributed by atoms with Gasteiger partial charge >= 0.3 is 12.3 Å². The number of halogens is 5. The van der Waals surface area contributed by atoms with E-state index in [9.17, 15) is 26.7 Å². The molecule has 0 atom stereocenters. The molecule has 3 N–H and O–H groups in total. The summed E-state index contributed by atoms with van der Waals surface area (Å²) in [5.41, 5.74) is 0.576. The minimum absolute atomic E-state index is 0.0638. The predicted octanol–water partition coefficient (Wildman–Crippen LogP) is 8.37. The lowest BCUT2D eigenvalue weighted by Crippen LogP contribution is -2.52. The van der Waals surface area contributed by atoms with Crippen molar-refractivity contribution < 1.29 is 41.8 Å². The maximum Gasteiger partial charge on any atom is 0.433 e. The van der Waals surface area contributed by atoms with E-state index in [0.29, 0.717) is 63.7 Å². The first-order chi connectivity index (χ1) is 24.4. The number of benzene rings is 1. The van der Waals surface area contributed by atoms with E-state index in [1.54, 1.807) is 4.90 Å². The standard InChI is InChI=1S/C32H44F5N5O.C4H7NO3/c1-2-3-4-5-6-7-8-9-17-38-29-22-27(33)26(21-28(29)34)23-10-12-24(13-11-23)41-43-25-15-19-42(20-16-25)31-39-18-14-30(40-31)32(35,36)37;6-3-1-5(2-3)4(7)8/h14,18,21-23,25,38H,2-13,15-17,19-20H2,1H3;3,6H,1-2H2,(H,7,8). The van der Waals surface area contributed by atoms with Gasteiger partial charge in [0.05, 0.1) is 30.6 Å². The molecule has 1 aliphatic carbocycles. The molecular formula is C36H51F5N6O4. The highest BCUT2D eigenvalue weighted by Gasteiger charge is 2.34. The average Bonchev–Trinajstić information content (AvgIpc) is 3.10. The van der Waals surface area contributed by atoms with Crippen molar-refractivity contribution >= 4 is 23.4 Å². The Bertz CT molecular complexity index is 1410. The van der Waals surface area contributed by atoms with E-state index in [1.165, 1.54) is 50.7 Å². The number of oxime groups is 1. The van der Waals surface area contributed by atoms with E-state index >= 15 is 0 Å². The van der Waals surface area contributed by atoms with Crippen LogP contribution < -0.4 is 10.2 Å². The van der Waals surface area contributed by atoms with Gasteiger partial charge in [0, 0.05) is 44.7 Å². The molecule has 1 aromatic heterocycles. The van der Waals surface area contributed by atoms with Gasteiger partial charge in [-0.1, -0.05) is 57.0 Å². The zero-order valence-corrected chi connectivity index (χ0v) is 29.3. The number of hydrogen-bond donors (Lipinski definition) is 3. The smallest absolute Gasteiger partial charge is 0.433 e. The number of rotatable bonds is 14. The van der Waals surface area contributed by atoms with Crippen molar-refractivity contribution in [2.75, 3.05) is 42.9 Å². The molecular weight excluding hydrogens is 675 g/mol. The van der Waals surface area contributed by atoms with Crippen molar-refractivity contribution in [1.82, 2.24) is 14.9 Å². The van der Waals surface area contributed by atoms with Crippen molar-refractivity contribution in [1.29, 1.82) is 0 Å². The molecule has 2 saturated heterocycles. The SMILES string of the molecule is CCCCCCCCCCNc1cc(F)c(C2CCC(=NOC3CCN(c4nccc(C(F)(F)F)n4)CC3)CC2)cc1F.O=C(O)N1CC(O)C1. The number of aliphatic hydroxyl groups excluding tert-OH is 1. The maximum atomic E-state index is 15.0. The first-order valence-corrected chi connectivity index (χ1v) is 18.2. The molecule has 3 fully saturated rings. The first-order valence-electron chi connectivity index (χ1n) is 18.2. The third kappa shape index (κ3) is 12.8. The molecule has 10 nitrogen and oxygen atoms in total. The van der Waals surface area contributed by atoms with Gasteiger partial charge in [0.15, 0.2) is 0 Å². The molecule has 2 aliphatic heterocycles. The van der Waals surface area contributed by atoms with Crippen LogP contribution in [0.3, 0.4) is 0 Å². The number of β-amino-alcohol motifs (C(OH)–C–C–N with tert-alkyl or cyclic N) is 1. The molecule has 284 valence electrons. The van der Waals surface area contributed by atoms with Crippen LogP contribution in [0.4, 0.5) is 38.4 Å². The number of anilines is 2. The predicted molar refractivity (Wildman–Crippen MR) is 185 cm³/mol. The fraction of sp³-hybridized carbons (Fsp3) is 0.667. The molecule has 0 unspecified atom stereocenters. The summed E-state index contributed by atoms with van der Waals surface area (Å²) in [6.07, 6.45) is 8.41. The summed E-state index contributed by atoms with van der Waals surface area (Å²) in [7, 11) is 0. The van der Waals surface area contributed by atoms with Gasteiger partial charge in [0.2, 0.25) is 5.95 Å². The number of carbonyl (C=O) groups is 1. The summed E-state index contributed by atoms with van der Waals surface area (Å²) in [6.45, 7) is 4.32. The van der Waals surface area contributed by atoms with Gasteiger partial charge < -0.3 is 30.2 Å². The molecule has 3 aliphatic rings. The Kier molecular flexibility index (Phi) is 15.5. The molecule has 5 rings (SSSR count). The van der Waals surface area contributed by atoms with Gasteiger partial charge in [-0.2, -0.15) is 13.2 Å². The van der Waals surface area contributed by atoms with Gasteiger partial charge in [-0.3, -0.25) is 0 Å². The van der Waals surface area contributed by atoms with Crippen molar-refractivity contribution in [2.45, 2.75) is 121 Å². The molecule has 1 saturated carbocycles. The lowest BCUT2D eigenvalue weighted by molar-refractivity contribution is -0.141. The normalized spacial score (nSPS) is 18.5. The topological polar surface area (TPSA) is 123 Å². The van der Waals surface area contributed by atoms with Crippen LogP contribution >= 0.6 is 0 Å². The molecule has 1 amide bonds. The summed E-state index contributed by atoms with van der Waals surface area (Å²) in [5, 5.41) is 24.1. The van der Waals surface area contributed by atoms with Crippen LogP contribution in [0.2, 0.25) is 0 Å². The number of aromatic nitrogens is 2. The number of likely N-dealkylation sites (tertiary alicyclic amines) is 1. The lowest BCUT2D eigenvalue weighted by atomic mass is 9.83. The highest BCUT2D eigenvalue weighted by atomic mass is 19.4. The summed E-state index contributed by atoms with van der Waals surface area (Å²) >= 11 is 0. The van der Waals surface area contributed by atoms with E-state index in [1.807, 2.05) is 0 Å². The van der Waals surface area contributed by atoms with Crippen LogP contribution in [0.25, 0.3) is 0 Å². The van der Waals surface area contributed by atoms with Crippen molar-refractivity contribution in [3.8, 4) is 0 Å². The maximum absolute atomic E-state index is 15.0. The van der Waals surface area contributed by atoms with E-state index in [-0.39, 0.29) is 42.6 Å². The zero-order chi connectivity index (χ0) is 36.8. The number of nitrogens with one attached hydrogen (secondary N) is 1. The molecule has 15 heteroatoms. The van der Waals surface area contributed by atoms with Crippen molar-refractivity contribution in [2.24, 2.45) is 5.16 Å². The van der Waals surface area contributed by atoms with Crippen molar-refractivity contribution in [3.05, 3.63) is 47.3 Å². The van der Waals surface area contributed by atoms with Gasteiger partial charge in [0.1, 0.15) is 23.4 Å². The highest BCUT2D eigenvalue weighted by molar-refractivity contribution is 5.84. The number of amides is 1. The van der Waals surface area contributed by atoms with Gasteiger partial charge in [-0.15, -0.1) is 0 Å². The van der Waals surface area contributed by atoms with E-state index in [2.05, 4.69) is 27.4 Å². The number of hydrogen-bond acceptors (Lipinski definition) is 8. The lowest BCUT2D eigenvalue weighted by Gasteiger charge is -2.32. The van der Waals surface area contributed by atoms with E-state index in [4.69, 9.17) is 15.1 Å². The number of piperidine rings is 1. The van der Waals surface area contributed by atoms with Crippen LogP contribution in [0.5, 0.6) is 0 Å². The molecule has 2 aromatic rings. The van der Waals surface area contributed by atoms with Gasteiger partial charge in [-0.25, -0.2) is 23.5 Å². The summed E-state index contributed by atoms with van der Waals surface area (Å²) in [5.74, 6) is -0.807. The zero-order valence-electron chi connectivity index (χ0n) is 29.3. The fourth-order valence-electron chi connectivity index (χ4n) is 6.43. The number of alkyl halides is 3. The second-order valence-electron chi connectivity index (χ2n) is 13.6. The first kappa shape index (κ1) is 40.0. The molecule has 51 heavy (non-hydrogen) atoms. The molecule has 0 radical (unpaired) electrons. The summed E-state index contributed by atoms with van der Waals surface area (Å²) in [4.78, 5) is 26.2. The van der Waals surface area contributed by atoms with Crippen LogP contribution in [0.15, 0.2) is 29.6 Å². The largest absolute Gasteiger partial charge is 0.465 e. The molecule has 0 spiro atoms. The monoisotopic (exact) mass is 726 g/mol. The van der Waals surface area contributed by atoms with Crippen molar-refractivity contribution in [3.63, 3.8) is 0 Å². The minimum atomic E-state index is -4.51. The Hall–Kier alpha value is -3.75. The van der Waals surface area contributed by atoms with E-state index < -0.39 is 29.9 Å². The second kappa shape index (κ2) is 19.7. The van der Waals surface area contributed by atoms with Crippen LogP contribution in [0, 0.1) is 11.6 Å². The number of carboxylic acid groups (broad SMARTS) is 1. The molecule has 1 aromatic carbocycles. The number of unbranched alkanes of at least 4 members (excludes halogenated alkanes) is 7. The average molecular weight is 727 g/mol. The third-order valence-corrected chi connectivity index (χ3v) is 9.56. The Balaban J connectivity index is 0.000000641. The van der Waals surface area contributed by atoms with Crippen LogP contribution in [-0.4, -0.2) is 81.8 Å². The van der Waals surface area contributed by atoms with Crippen LogP contribution in [0.1, 0.15) is 114 Å². The molecule has 3 heterocycles. The Morgan fingerprint density at radius 3 is 2.22 bits per heavy atom. The number of nitrogens with zero attached hydrogens (tertiary/aromatic N) is 5. The quantitative estimate of drug-likeness (QED) is 0.101. The highest BCUT2D eigenvalue weighted by Crippen LogP contribution is 2.35. The van der Waals surface area contributed by atoms with Gasteiger partial charge in [-0.05, 0) is 55.7 Å².